The molecule has 1 saturated heterocycles. The Morgan fingerprint density at radius 2 is 1.85 bits per heavy atom. The number of sulfonamides is 1. The van der Waals surface area contributed by atoms with Gasteiger partial charge in [-0.25, -0.2) is 8.42 Å². The second-order valence-electron chi connectivity index (χ2n) is 5.56. The second kappa shape index (κ2) is 7.43. The maximum absolute atomic E-state index is 13.0. The van der Waals surface area contributed by atoms with Crippen LogP contribution in [-0.2, 0) is 10.0 Å². The van der Waals surface area contributed by atoms with Crippen molar-refractivity contribution in [3.63, 3.8) is 0 Å². The van der Waals surface area contributed by atoms with Crippen LogP contribution in [0.4, 0.5) is 11.4 Å². The quantitative estimate of drug-likeness (QED) is 0.525. The summed E-state index contributed by atoms with van der Waals surface area (Å²) in [5, 5.41) is 21.3. The molecule has 1 heterocycles. The van der Waals surface area contributed by atoms with Crippen LogP contribution in [-0.4, -0.2) is 34.9 Å². The minimum atomic E-state index is -4.03. The zero-order valence-electron chi connectivity index (χ0n) is 13.5. The first kappa shape index (κ1) is 19.5. The van der Waals surface area contributed by atoms with Gasteiger partial charge < -0.3 is 0 Å². The molecule has 1 aliphatic heterocycles. The lowest BCUT2D eigenvalue weighted by Crippen LogP contribution is -2.30. The molecular weight excluding hydrogens is 418 g/mol. The number of rotatable bonds is 5. The molecule has 1 unspecified atom stereocenters. The van der Waals surface area contributed by atoms with Crippen LogP contribution in [0.25, 0.3) is 0 Å². The molecular formula is C15H12ClN3O6S2. The molecule has 0 saturated carbocycles. The molecule has 0 aliphatic carbocycles. The van der Waals surface area contributed by atoms with Gasteiger partial charge in [0, 0.05) is 30.5 Å². The fraction of sp³-hybridized carbons (Fsp3) is 0.200. The van der Waals surface area contributed by atoms with Gasteiger partial charge in [0.1, 0.15) is 5.02 Å². The highest BCUT2D eigenvalue weighted by molar-refractivity contribution is 8.01. The number of nitro benzene ring substituents is 2. The molecule has 0 spiro atoms. The Morgan fingerprint density at radius 1 is 1.11 bits per heavy atom. The normalized spacial score (nSPS) is 17.7. The van der Waals surface area contributed by atoms with Gasteiger partial charge in [0.05, 0.1) is 20.1 Å². The molecule has 12 heteroatoms. The summed E-state index contributed by atoms with van der Waals surface area (Å²) in [6.45, 7) is 0.177. The second-order valence-corrected chi connectivity index (χ2v) is 9.05. The summed E-state index contributed by atoms with van der Waals surface area (Å²) in [7, 11) is -4.03. The monoisotopic (exact) mass is 429 g/mol. The van der Waals surface area contributed by atoms with Gasteiger partial charge in [0.15, 0.2) is 0 Å². The van der Waals surface area contributed by atoms with Crippen molar-refractivity contribution < 1.29 is 18.3 Å². The minimum absolute atomic E-state index is 0.0418. The molecule has 1 atom stereocenters. The Hall–Kier alpha value is -2.21. The van der Waals surface area contributed by atoms with Crippen LogP contribution in [0.15, 0.2) is 47.4 Å². The van der Waals surface area contributed by atoms with E-state index in [4.69, 9.17) is 11.6 Å². The molecule has 0 radical (unpaired) electrons. The molecule has 27 heavy (non-hydrogen) atoms. The Bertz CT molecular complexity index is 1030. The van der Waals surface area contributed by atoms with Crippen molar-refractivity contribution in [3.8, 4) is 0 Å². The first-order valence-electron chi connectivity index (χ1n) is 7.53. The van der Waals surface area contributed by atoms with Gasteiger partial charge in [-0.2, -0.15) is 4.31 Å². The lowest BCUT2D eigenvalue weighted by atomic mass is 10.2. The average molecular weight is 430 g/mol. The third-order valence-electron chi connectivity index (χ3n) is 3.94. The smallest absolute Gasteiger partial charge is 0.258 e. The Morgan fingerprint density at radius 3 is 2.52 bits per heavy atom. The van der Waals surface area contributed by atoms with Crippen LogP contribution in [0, 0.1) is 20.2 Å². The standard InChI is InChI=1S/C15H12ClN3O6S2/c16-13-5-4-10(8-14(13)19(22)23)15-17(6-7-26-15)27(24,25)12-3-1-2-11(9-12)18(20)21/h1-5,8-9,15H,6-7H2. The van der Waals surface area contributed by atoms with Crippen LogP contribution in [0.3, 0.4) is 0 Å². The summed E-state index contributed by atoms with van der Waals surface area (Å²) in [6, 6.07) is 8.93. The number of halogens is 1. The van der Waals surface area contributed by atoms with Gasteiger partial charge in [-0.05, 0) is 17.7 Å². The molecule has 0 bridgehead atoms. The third-order valence-corrected chi connectivity index (χ3v) is 7.51. The Kier molecular flexibility index (Phi) is 5.38. The van der Waals surface area contributed by atoms with Crippen molar-refractivity contribution in [2.45, 2.75) is 10.3 Å². The SMILES string of the molecule is O=[N+]([O-])c1cccc(S(=O)(=O)N2CCSC2c2ccc(Cl)c([N+](=O)[O-])c2)c1. The van der Waals surface area contributed by atoms with E-state index in [1.807, 2.05) is 0 Å². The summed E-state index contributed by atoms with van der Waals surface area (Å²) in [5.74, 6) is 0.481. The fourth-order valence-electron chi connectivity index (χ4n) is 2.68. The molecule has 2 aromatic rings. The first-order valence-corrected chi connectivity index (χ1v) is 10.4. The molecule has 1 fully saturated rings. The zero-order chi connectivity index (χ0) is 19.8. The molecule has 142 valence electrons. The first-order chi connectivity index (χ1) is 12.7. The summed E-state index contributed by atoms with van der Waals surface area (Å²) >= 11 is 7.13. The van der Waals surface area contributed by atoms with Crippen LogP contribution in [0.1, 0.15) is 10.9 Å². The third kappa shape index (κ3) is 3.76. The number of non-ortho nitro benzene ring substituents is 1. The topological polar surface area (TPSA) is 124 Å². The van der Waals surface area contributed by atoms with E-state index in [0.717, 1.165) is 6.07 Å². The van der Waals surface area contributed by atoms with Crippen molar-refractivity contribution in [1.82, 2.24) is 4.31 Å². The van der Waals surface area contributed by atoms with Crippen molar-refractivity contribution in [2.75, 3.05) is 12.3 Å². The van der Waals surface area contributed by atoms with Gasteiger partial charge in [-0.15, -0.1) is 11.8 Å². The van der Waals surface area contributed by atoms with Crippen LogP contribution < -0.4 is 0 Å². The Balaban J connectivity index is 2.01. The van der Waals surface area contributed by atoms with Crippen molar-refractivity contribution in [2.24, 2.45) is 0 Å². The van der Waals surface area contributed by atoms with Crippen LogP contribution in [0.5, 0.6) is 0 Å². The highest BCUT2D eigenvalue weighted by Crippen LogP contribution is 2.43. The van der Waals surface area contributed by atoms with E-state index in [1.54, 1.807) is 0 Å². The van der Waals surface area contributed by atoms with Gasteiger partial charge in [-0.3, -0.25) is 20.2 Å². The van der Waals surface area contributed by atoms with Gasteiger partial charge in [-0.1, -0.05) is 23.7 Å². The predicted molar refractivity (Wildman–Crippen MR) is 100 cm³/mol. The summed E-state index contributed by atoms with van der Waals surface area (Å²) in [5.41, 5.74) is -0.224. The van der Waals surface area contributed by atoms with Gasteiger partial charge >= 0.3 is 0 Å². The lowest BCUT2D eigenvalue weighted by molar-refractivity contribution is -0.385. The number of hydrogen-bond donors (Lipinski definition) is 0. The molecule has 2 aromatic carbocycles. The van der Waals surface area contributed by atoms with Gasteiger partial charge in [0.2, 0.25) is 10.0 Å². The molecule has 1 aliphatic rings. The van der Waals surface area contributed by atoms with Gasteiger partial charge in [0.25, 0.3) is 11.4 Å². The number of benzene rings is 2. The van der Waals surface area contributed by atoms with E-state index in [9.17, 15) is 28.6 Å². The molecule has 0 N–H and O–H groups in total. The van der Waals surface area contributed by atoms with Crippen molar-refractivity contribution >= 4 is 44.8 Å². The van der Waals surface area contributed by atoms with Crippen LogP contribution in [0.2, 0.25) is 5.02 Å². The minimum Gasteiger partial charge on any atom is -0.258 e. The number of nitrogens with zero attached hydrogens (tertiary/aromatic N) is 3. The van der Waals surface area contributed by atoms with E-state index in [0.29, 0.717) is 11.3 Å². The summed E-state index contributed by atoms with van der Waals surface area (Å²) in [4.78, 5) is 20.5. The molecule has 0 amide bonds. The lowest BCUT2D eigenvalue weighted by Gasteiger charge is -2.23. The average Bonchev–Trinajstić information content (AvgIpc) is 3.12. The maximum atomic E-state index is 13.0. The van der Waals surface area contributed by atoms with E-state index in [1.165, 1.54) is 52.5 Å². The predicted octanol–water partition coefficient (Wildman–Crippen LogP) is 3.59. The number of thioether (sulfide) groups is 1. The highest BCUT2D eigenvalue weighted by Gasteiger charge is 2.38. The van der Waals surface area contributed by atoms with E-state index >= 15 is 0 Å². The Labute approximate surface area is 163 Å². The van der Waals surface area contributed by atoms with Crippen LogP contribution >= 0.6 is 23.4 Å². The van der Waals surface area contributed by atoms with E-state index in [2.05, 4.69) is 0 Å². The summed E-state index contributed by atoms with van der Waals surface area (Å²) in [6.07, 6.45) is 0. The van der Waals surface area contributed by atoms with Crippen molar-refractivity contribution in [1.29, 1.82) is 0 Å². The summed E-state index contributed by atoms with van der Waals surface area (Å²) < 4.78 is 27.2. The van der Waals surface area contributed by atoms with Crippen molar-refractivity contribution in [3.05, 3.63) is 73.3 Å². The number of nitro groups is 2. The maximum Gasteiger partial charge on any atom is 0.288 e. The molecule has 9 nitrogen and oxygen atoms in total. The highest BCUT2D eigenvalue weighted by atomic mass is 35.5. The number of hydrogen-bond acceptors (Lipinski definition) is 7. The fourth-order valence-corrected chi connectivity index (χ4v) is 6.14. The van der Waals surface area contributed by atoms with E-state index < -0.39 is 25.2 Å². The van der Waals surface area contributed by atoms with E-state index in [-0.39, 0.29) is 27.8 Å². The molecule has 0 aromatic heterocycles. The zero-order valence-corrected chi connectivity index (χ0v) is 15.9. The largest absolute Gasteiger partial charge is 0.288 e. The molecule has 3 rings (SSSR count).